The molecule has 0 radical (unpaired) electrons. The number of para-hydroxylation sites is 2. The van der Waals surface area contributed by atoms with Crippen molar-refractivity contribution in [1.29, 1.82) is 0 Å². The van der Waals surface area contributed by atoms with Crippen LogP contribution in [0, 0.1) is 0 Å². The molecule has 10 aromatic rings. The first kappa shape index (κ1) is 33.9. The summed E-state index contributed by atoms with van der Waals surface area (Å²) in [4.78, 5) is 10.5. The Morgan fingerprint density at radius 3 is 1.74 bits per heavy atom. The Labute approximate surface area is 338 Å². The summed E-state index contributed by atoms with van der Waals surface area (Å²) < 4.78 is 2.46. The maximum atomic E-state index is 5.34. The zero-order valence-electron chi connectivity index (χ0n) is 32.4. The van der Waals surface area contributed by atoms with Crippen LogP contribution in [0.25, 0.3) is 94.8 Å². The van der Waals surface area contributed by atoms with Crippen molar-refractivity contribution >= 4 is 21.8 Å². The van der Waals surface area contributed by atoms with Gasteiger partial charge in [0.15, 0.2) is 5.82 Å². The Bertz CT molecular complexity index is 3120. The van der Waals surface area contributed by atoms with Gasteiger partial charge in [-0.1, -0.05) is 184 Å². The second-order valence-corrected chi connectivity index (χ2v) is 15.8. The second-order valence-electron chi connectivity index (χ2n) is 15.8. The van der Waals surface area contributed by atoms with E-state index in [0.717, 1.165) is 44.8 Å². The van der Waals surface area contributed by atoms with E-state index < -0.39 is 0 Å². The first-order valence-corrected chi connectivity index (χ1v) is 20.0. The Balaban J connectivity index is 1.18. The van der Waals surface area contributed by atoms with E-state index in [1.807, 2.05) is 24.3 Å². The molecule has 0 N–H and O–H groups in total. The molecule has 2 heterocycles. The number of hydrogen-bond donors (Lipinski definition) is 0. The van der Waals surface area contributed by atoms with Gasteiger partial charge >= 0.3 is 0 Å². The minimum atomic E-state index is -0.0765. The van der Waals surface area contributed by atoms with Crippen LogP contribution in [-0.4, -0.2) is 14.5 Å². The van der Waals surface area contributed by atoms with Crippen LogP contribution in [0.4, 0.5) is 0 Å². The lowest BCUT2D eigenvalue weighted by molar-refractivity contribution is 0.660. The fraction of sp³-hybridized carbons (Fsp3) is 0.0545. The van der Waals surface area contributed by atoms with Gasteiger partial charge in [-0.3, -0.25) is 0 Å². The van der Waals surface area contributed by atoms with Gasteiger partial charge in [0.2, 0.25) is 0 Å². The van der Waals surface area contributed by atoms with Crippen molar-refractivity contribution in [3.63, 3.8) is 0 Å². The quantitative estimate of drug-likeness (QED) is 0.170. The van der Waals surface area contributed by atoms with Crippen molar-refractivity contribution in [1.82, 2.24) is 14.5 Å². The third-order valence-corrected chi connectivity index (χ3v) is 12.0. The molecule has 11 rings (SSSR count). The first-order chi connectivity index (χ1) is 28.5. The van der Waals surface area contributed by atoms with Gasteiger partial charge in [0.25, 0.3) is 0 Å². The molecule has 0 bridgehead atoms. The third kappa shape index (κ3) is 5.43. The molecule has 274 valence electrons. The molecule has 2 aromatic heterocycles. The number of fused-ring (bicyclic) bond motifs is 6. The van der Waals surface area contributed by atoms with Crippen molar-refractivity contribution in [2.75, 3.05) is 0 Å². The van der Waals surface area contributed by atoms with Crippen molar-refractivity contribution in [3.8, 4) is 73.0 Å². The third-order valence-electron chi connectivity index (χ3n) is 12.0. The van der Waals surface area contributed by atoms with E-state index in [2.05, 4.69) is 194 Å². The summed E-state index contributed by atoms with van der Waals surface area (Å²) in [5.74, 6) is 0.699. The molecule has 0 aliphatic heterocycles. The zero-order valence-corrected chi connectivity index (χ0v) is 32.4. The van der Waals surface area contributed by atoms with Crippen LogP contribution in [0.5, 0.6) is 0 Å². The Hall–Kier alpha value is -7.36. The average molecular weight is 742 g/mol. The first-order valence-electron chi connectivity index (χ1n) is 20.0. The molecule has 3 nitrogen and oxygen atoms in total. The van der Waals surface area contributed by atoms with Crippen LogP contribution in [0.15, 0.2) is 200 Å². The fourth-order valence-electron chi connectivity index (χ4n) is 9.18. The van der Waals surface area contributed by atoms with Crippen molar-refractivity contribution in [2.24, 2.45) is 0 Å². The van der Waals surface area contributed by atoms with Crippen LogP contribution in [0.1, 0.15) is 25.0 Å². The van der Waals surface area contributed by atoms with Gasteiger partial charge in [0.1, 0.15) is 0 Å². The van der Waals surface area contributed by atoms with Gasteiger partial charge in [-0.15, -0.1) is 0 Å². The maximum absolute atomic E-state index is 5.34. The van der Waals surface area contributed by atoms with Crippen molar-refractivity contribution < 1.29 is 0 Å². The molecule has 0 saturated carbocycles. The predicted molar refractivity (Wildman–Crippen MR) is 241 cm³/mol. The summed E-state index contributed by atoms with van der Waals surface area (Å²) >= 11 is 0. The lowest BCUT2D eigenvalue weighted by Gasteiger charge is -2.22. The van der Waals surface area contributed by atoms with E-state index in [1.54, 1.807) is 0 Å². The molecule has 8 aromatic carbocycles. The Morgan fingerprint density at radius 1 is 0.379 bits per heavy atom. The van der Waals surface area contributed by atoms with E-state index in [9.17, 15) is 0 Å². The predicted octanol–water partition coefficient (Wildman–Crippen LogP) is 14.2. The number of aromatic nitrogens is 3. The SMILES string of the molecule is CC1(C)c2ccccc2-c2ccc(-c3ccc4c(c3)c3cccc(-c5cc(-c6ccccc6)nc(-c6ccccc6)n5)c3n4-c3ccccc3-c3ccccc3)cc21. The second kappa shape index (κ2) is 13.4. The van der Waals surface area contributed by atoms with Gasteiger partial charge in [0.05, 0.1) is 28.1 Å². The van der Waals surface area contributed by atoms with E-state index >= 15 is 0 Å². The van der Waals surface area contributed by atoms with Gasteiger partial charge in [-0.25, -0.2) is 9.97 Å². The van der Waals surface area contributed by atoms with Gasteiger partial charge < -0.3 is 4.57 Å². The van der Waals surface area contributed by atoms with Crippen LogP contribution < -0.4 is 0 Å². The summed E-state index contributed by atoms with van der Waals surface area (Å²) in [6.45, 7) is 4.70. The highest BCUT2D eigenvalue weighted by molar-refractivity contribution is 6.15. The summed E-state index contributed by atoms with van der Waals surface area (Å²) in [6, 6.07) is 71.9. The molecule has 0 atom stereocenters. The fourth-order valence-corrected chi connectivity index (χ4v) is 9.18. The number of rotatable bonds is 6. The molecule has 0 unspecified atom stereocenters. The summed E-state index contributed by atoms with van der Waals surface area (Å²) in [7, 11) is 0. The van der Waals surface area contributed by atoms with Gasteiger partial charge in [0, 0.05) is 38.4 Å². The molecular formula is C55H39N3. The lowest BCUT2D eigenvalue weighted by atomic mass is 9.81. The molecule has 0 spiro atoms. The molecule has 3 heteroatoms. The van der Waals surface area contributed by atoms with Crippen molar-refractivity contribution in [3.05, 3.63) is 211 Å². The van der Waals surface area contributed by atoms with E-state index in [0.29, 0.717) is 5.82 Å². The minimum Gasteiger partial charge on any atom is -0.308 e. The number of hydrogen-bond acceptors (Lipinski definition) is 2. The monoisotopic (exact) mass is 741 g/mol. The Kier molecular flexibility index (Phi) is 7.84. The van der Waals surface area contributed by atoms with Crippen LogP contribution in [0.3, 0.4) is 0 Å². The topological polar surface area (TPSA) is 30.7 Å². The van der Waals surface area contributed by atoms with E-state index in [1.165, 1.54) is 55.3 Å². The molecule has 0 saturated heterocycles. The standard InChI is InChI=1S/C55H39N3/c1-55(2)47-27-14-12-24-42(47)43-31-29-40(34-48(43)55)39-30-32-52-46(33-39)44-25-16-26-45(53(44)58(52)51-28-15-13-23-41(51)36-17-6-3-7-18-36)50-35-49(37-19-8-4-9-20-37)56-54(57-50)38-21-10-5-11-22-38/h3-35H,1-2H3. The average Bonchev–Trinajstić information content (AvgIpc) is 3.74. The number of benzene rings is 8. The molecule has 0 fully saturated rings. The largest absolute Gasteiger partial charge is 0.308 e. The van der Waals surface area contributed by atoms with Gasteiger partial charge in [-0.05, 0) is 69.3 Å². The molecule has 1 aliphatic rings. The van der Waals surface area contributed by atoms with Crippen molar-refractivity contribution in [2.45, 2.75) is 19.3 Å². The molecule has 58 heavy (non-hydrogen) atoms. The smallest absolute Gasteiger partial charge is 0.160 e. The normalized spacial score (nSPS) is 12.8. The summed E-state index contributed by atoms with van der Waals surface area (Å²) in [5, 5.41) is 2.37. The minimum absolute atomic E-state index is 0.0765. The Morgan fingerprint density at radius 2 is 0.966 bits per heavy atom. The molecule has 0 amide bonds. The highest BCUT2D eigenvalue weighted by Gasteiger charge is 2.35. The lowest BCUT2D eigenvalue weighted by Crippen LogP contribution is -2.14. The summed E-state index contributed by atoms with van der Waals surface area (Å²) in [5.41, 5.74) is 18.3. The van der Waals surface area contributed by atoms with E-state index in [-0.39, 0.29) is 5.41 Å². The van der Waals surface area contributed by atoms with Crippen LogP contribution in [-0.2, 0) is 5.41 Å². The highest BCUT2D eigenvalue weighted by atomic mass is 15.0. The molecule has 1 aliphatic carbocycles. The highest BCUT2D eigenvalue weighted by Crippen LogP contribution is 2.50. The summed E-state index contributed by atoms with van der Waals surface area (Å²) in [6.07, 6.45) is 0. The van der Waals surface area contributed by atoms with Gasteiger partial charge in [-0.2, -0.15) is 0 Å². The zero-order chi connectivity index (χ0) is 38.8. The van der Waals surface area contributed by atoms with Crippen LogP contribution >= 0.6 is 0 Å². The maximum Gasteiger partial charge on any atom is 0.160 e. The van der Waals surface area contributed by atoms with E-state index in [4.69, 9.17) is 9.97 Å². The number of nitrogens with zero attached hydrogens (tertiary/aromatic N) is 3. The van der Waals surface area contributed by atoms with Crippen LogP contribution in [0.2, 0.25) is 0 Å². The molecular weight excluding hydrogens is 703 g/mol.